The fourth-order valence-corrected chi connectivity index (χ4v) is 2.40. The highest BCUT2D eigenvalue weighted by Gasteiger charge is 2.22. The Kier molecular flexibility index (Phi) is 5.56. The summed E-state index contributed by atoms with van der Waals surface area (Å²) in [5.74, 6) is -0.382. The molecule has 7 heteroatoms. The summed E-state index contributed by atoms with van der Waals surface area (Å²) in [6.07, 6.45) is 2.39. The van der Waals surface area contributed by atoms with Gasteiger partial charge in [-0.2, -0.15) is 0 Å². The van der Waals surface area contributed by atoms with Gasteiger partial charge in [-0.25, -0.2) is 0 Å². The molecule has 1 aliphatic rings. The van der Waals surface area contributed by atoms with Gasteiger partial charge in [-0.05, 0) is 25.0 Å². The molecular formula is C16H20N2O5. The van der Waals surface area contributed by atoms with Gasteiger partial charge in [0, 0.05) is 31.6 Å². The first-order chi connectivity index (χ1) is 11.0. The van der Waals surface area contributed by atoms with Gasteiger partial charge >= 0.3 is 5.97 Å². The van der Waals surface area contributed by atoms with Gasteiger partial charge in [0.05, 0.1) is 12.8 Å². The number of nitrogens with zero attached hydrogens (tertiary/aromatic N) is 1. The van der Waals surface area contributed by atoms with E-state index < -0.39 is 11.9 Å². The molecule has 0 unspecified atom stereocenters. The van der Waals surface area contributed by atoms with Crippen LogP contribution in [0.2, 0.25) is 0 Å². The van der Waals surface area contributed by atoms with E-state index in [1.807, 2.05) is 0 Å². The molecule has 2 amide bonds. The van der Waals surface area contributed by atoms with E-state index in [1.54, 1.807) is 23.1 Å². The number of rotatable bonds is 5. The van der Waals surface area contributed by atoms with Crippen LogP contribution in [0.15, 0.2) is 18.2 Å². The Labute approximate surface area is 134 Å². The summed E-state index contributed by atoms with van der Waals surface area (Å²) in [6, 6.07) is 5.07. The molecule has 1 heterocycles. The normalized spacial score (nSPS) is 14.3. The van der Waals surface area contributed by atoms with Crippen LogP contribution in [0.4, 0.5) is 11.4 Å². The number of hydrogen-bond acceptors (Lipinski definition) is 5. The van der Waals surface area contributed by atoms with Crippen LogP contribution < -0.4 is 15.0 Å². The monoisotopic (exact) mass is 320 g/mol. The summed E-state index contributed by atoms with van der Waals surface area (Å²) in [7, 11) is 1.51. The third-order valence-electron chi connectivity index (χ3n) is 3.48. The molecule has 0 bridgehead atoms. The van der Waals surface area contributed by atoms with Crippen molar-refractivity contribution < 1.29 is 23.9 Å². The third kappa shape index (κ3) is 4.45. The SMILES string of the molecule is COc1cc(NC(=O)COC(C)=O)ccc1N1CCCCC1=O. The zero-order chi connectivity index (χ0) is 16.8. The maximum atomic E-state index is 12.0. The van der Waals surface area contributed by atoms with Crippen molar-refractivity contribution in [2.24, 2.45) is 0 Å². The van der Waals surface area contributed by atoms with Crippen LogP contribution in [0, 0.1) is 0 Å². The first-order valence-corrected chi connectivity index (χ1v) is 7.43. The quantitative estimate of drug-likeness (QED) is 0.835. The van der Waals surface area contributed by atoms with E-state index in [0.29, 0.717) is 30.1 Å². The van der Waals surface area contributed by atoms with E-state index in [1.165, 1.54) is 14.0 Å². The molecule has 0 radical (unpaired) electrons. The molecule has 1 saturated heterocycles. The zero-order valence-corrected chi connectivity index (χ0v) is 13.3. The van der Waals surface area contributed by atoms with Gasteiger partial charge < -0.3 is 19.7 Å². The van der Waals surface area contributed by atoms with Crippen molar-refractivity contribution in [1.82, 2.24) is 0 Å². The second kappa shape index (κ2) is 7.62. The first kappa shape index (κ1) is 16.8. The number of carbonyl (C=O) groups is 3. The smallest absolute Gasteiger partial charge is 0.303 e. The fourth-order valence-electron chi connectivity index (χ4n) is 2.40. The average Bonchev–Trinajstić information content (AvgIpc) is 2.53. The van der Waals surface area contributed by atoms with Crippen molar-refractivity contribution in [2.45, 2.75) is 26.2 Å². The standard InChI is InChI=1S/C16H20N2O5/c1-11(19)23-10-15(20)17-12-6-7-13(14(9-12)22-2)18-8-4-3-5-16(18)21/h6-7,9H,3-5,8,10H2,1-2H3,(H,17,20). The van der Waals surface area contributed by atoms with Crippen LogP contribution in [-0.2, 0) is 19.1 Å². The summed E-state index contributed by atoms with van der Waals surface area (Å²) in [5, 5.41) is 2.61. The van der Waals surface area contributed by atoms with Crippen molar-refractivity contribution >= 4 is 29.2 Å². The predicted octanol–water partition coefficient (Wildman–Crippen LogP) is 1.71. The van der Waals surface area contributed by atoms with Gasteiger partial charge in [0.15, 0.2) is 6.61 Å². The lowest BCUT2D eigenvalue weighted by Gasteiger charge is -2.28. The number of benzene rings is 1. The number of hydrogen-bond donors (Lipinski definition) is 1. The lowest BCUT2D eigenvalue weighted by molar-refractivity contribution is -0.144. The number of piperidine rings is 1. The van der Waals surface area contributed by atoms with E-state index in [-0.39, 0.29) is 12.5 Å². The molecule has 0 saturated carbocycles. The highest BCUT2D eigenvalue weighted by molar-refractivity contribution is 5.97. The zero-order valence-electron chi connectivity index (χ0n) is 13.3. The van der Waals surface area contributed by atoms with Crippen molar-refractivity contribution in [3.8, 4) is 5.75 Å². The van der Waals surface area contributed by atoms with Crippen LogP contribution in [0.3, 0.4) is 0 Å². The number of carbonyl (C=O) groups excluding carboxylic acids is 3. The lowest BCUT2D eigenvalue weighted by Crippen LogP contribution is -2.35. The van der Waals surface area contributed by atoms with Gasteiger partial charge in [0.2, 0.25) is 5.91 Å². The second-order valence-corrected chi connectivity index (χ2v) is 5.22. The van der Waals surface area contributed by atoms with E-state index in [9.17, 15) is 14.4 Å². The van der Waals surface area contributed by atoms with Gasteiger partial charge in [-0.1, -0.05) is 0 Å². The minimum atomic E-state index is -0.517. The molecule has 0 atom stereocenters. The largest absolute Gasteiger partial charge is 0.494 e. The number of ether oxygens (including phenoxy) is 2. The van der Waals surface area contributed by atoms with Crippen LogP contribution in [-0.4, -0.2) is 38.0 Å². The maximum Gasteiger partial charge on any atom is 0.303 e. The molecule has 124 valence electrons. The van der Waals surface area contributed by atoms with E-state index in [2.05, 4.69) is 10.1 Å². The Balaban J connectivity index is 2.11. The molecule has 23 heavy (non-hydrogen) atoms. The van der Waals surface area contributed by atoms with Gasteiger partial charge in [-0.3, -0.25) is 14.4 Å². The fraction of sp³-hybridized carbons (Fsp3) is 0.438. The topological polar surface area (TPSA) is 84.9 Å². The van der Waals surface area contributed by atoms with Crippen LogP contribution in [0.5, 0.6) is 5.75 Å². The predicted molar refractivity (Wildman–Crippen MR) is 84.5 cm³/mol. The maximum absolute atomic E-state index is 12.0. The van der Waals surface area contributed by atoms with Gasteiger partial charge in [0.1, 0.15) is 5.75 Å². The highest BCUT2D eigenvalue weighted by Crippen LogP contribution is 2.33. The molecule has 0 aliphatic carbocycles. The van der Waals surface area contributed by atoms with Crippen LogP contribution >= 0.6 is 0 Å². The summed E-state index contributed by atoms with van der Waals surface area (Å²) in [4.78, 5) is 36.1. The molecular weight excluding hydrogens is 300 g/mol. The molecule has 1 fully saturated rings. The molecule has 2 rings (SSSR count). The minimum Gasteiger partial charge on any atom is -0.494 e. The number of amides is 2. The number of nitrogens with one attached hydrogen (secondary N) is 1. The molecule has 1 aliphatic heterocycles. The lowest BCUT2D eigenvalue weighted by atomic mass is 10.1. The van der Waals surface area contributed by atoms with Crippen molar-refractivity contribution in [2.75, 3.05) is 30.5 Å². The van der Waals surface area contributed by atoms with Gasteiger partial charge in [0.25, 0.3) is 5.91 Å². The minimum absolute atomic E-state index is 0.0705. The third-order valence-corrected chi connectivity index (χ3v) is 3.48. The number of esters is 1. The van der Waals surface area contributed by atoms with Crippen molar-refractivity contribution in [3.05, 3.63) is 18.2 Å². The van der Waals surface area contributed by atoms with E-state index >= 15 is 0 Å². The summed E-state index contributed by atoms with van der Waals surface area (Å²) < 4.78 is 9.97. The Bertz CT molecular complexity index is 614. The van der Waals surface area contributed by atoms with Crippen molar-refractivity contribution in [1.29, 1.82) is 0 Å². The molecule has 1 aromatic rings. The van der Waals surface area contributed by atoms with Gasteiger partial charge in [-0.15, -0.1) is 0 Å². The summed E-state index contributed by atoms with van der Waals surface area (Å²) >= 11 is 0. The molecule has 7 nitrogen and oxygen atoms in total. The van der Waals surface area contributed by atoms with Crippen molar-refractivity contribution in [3.63, 3.8) is 0 Å². The number of anilines is 2. The van der Waals surface area contributed by atoms with E-state index in [0.717, 1.165) is 12.8 Å². The van der Waals surface area contributed by atoms with Crippen LogP contribution in [0.1, 0.15) is 26.2 Å². The van der Waals surface area contributed by atoms with E-state index in [4.69, 9.17) is 4.74 Å². The number of methoxy groups -OCH3 is 1. The Morgan fingerprint density at radius 3 is 2.74 bits per heavy atom. The molecule has 1 aromatic carbocycles. The van der Waals surface area contributed by atoms with Crippen LogP contribution in [0.25, 0.3) is 0 Å². The Morgan fingerprint density at radius 1 is 1.30 bits per heavy atom. The molecule has 0 spiro atoms. The Hall–Kier alpha value is -2.57. The summed E-state index contributed by atoms with van der Waals surface area (Å²) in [5.41, 5.74) is 1.20. The molecule has 0 aromatic heterocycles. The Morgan fingerprint density at radius 2 is 2.09 bits per heavy atom. The second-order valence-electron chi connectivity index (χ2n) is 5.22. The summed E-state index contributed by atoms with van der Waals surface area (Å²) in [6.45, 7) is 1.55. The average molecular weight is 320 g/mol. The molecule has 1 N–H and O–H groups in total. The highest BCUT2D eigenvalue weighted by atomic mass is 16.5. The first-order valence-electron chi connectivity index (χ1n) is 7.43.